The Morgan fingerprint density at radius 3 is 2.62 bits per heavy atom. The molecule has 0 unspecified atom stereocenters. The van der Waals surface area contributed by atoms with Crippen LogP contribution in [-0.4, -0.2) is 35.6 Å². The van der Waals surface area contributed by atoms with Crippen molar-refractivity contribution in [2.45, 2.75) is 24.3 Å². The van der Waals surface area contributed by atoms with E-state index in [1.165, 1.54) is 11.8 Å². The van der Waals surface area contributed by atoms with Crippen molar-refractivity contribution in [3.63, 3.8) is 0 Å². The Bertz CT molecular complexity index is 790. The van der Waals surface area contributed by atoms with Gasteiger partial charge in [-0.2, -0.15) is 0 Å². The monoisotopic (exact) mass is 389 g/mol. The number of thioether (sulfide) groups is 1. The lowest BCUT2D eigenvalue weighted by atomic mass is 10.2. The van der Waals surface area contributed by atoms with E-state index in [2.05, 4.69) is 0 Å². The summed E-state index contributed by atoms with van der Waals surface area (Å²) < 4.78 is 5.41. The smallest absolute Gasteiger partial charge is 0.339 e. The molecule has 0 atom stereocenters. The van der Waals surface area contributed by atoms with Gasteiger partial charge in [0.25, 0.3) is 0 Å². The first-order chi connectivity index (χ1) is 12.6. The zero-order valence-corrected chi connectivity index (χ0v) is 15.9. The van der Waals surface area contributed by atoms with Crippen LogP contribution in [0.2, 0.25) is 5.02 Å². The molecule has 0 spiro atoms. The number of benzene rings is 2. The number of carbonyl (C=O) groups is 2. The Hall–Kier alpha value is -1.98. The van der Waals surface area contributed by atoms with Crippen LogP contribution in [0.1, 0.15) is 28.8 Å². The zero-order valence-electron chi connectivity index (χ0n) is 14.3. The lowest BCUT2D eigenvalue weighted by Crippen LogP contribution is -2.29. The summed E-state index contributed by atoms with van der Waals surface area (Å²) in [6.07, 6.45) is 2.14. The Kier molecular flexibility index (Phi) is 6.58. The summed E-state index contributed by atoms with van der Waals surface area (Å²) in [5, 5.41) is 0.606. The van der Waals surface area contributed by atoms with Crippen molar-refractivity contribution >= 4 is 35.2 Å². The van der Waals surface area contributed by atoms with Crippen LogP contribution in [0.25, 0.3) is 0 Å². The Labute approximate surface area is 162 Å². The molecule has 26 heavy (non-hydrogen) atoms. The number of esters is 1. The average molecular weight is 390 g/mol. The summed E-state index contributed by atoms with van der Waals surface area (Å²) in [7, 11) is 0. The van der Waals surface area contributed by atoms with E-state index < -0.39 is 5.97 Å². The topological polar surface area (TPSA) is 46.6 Å². The van der Waals surface area contributed by atoms with Crippen LogP contribution < -0.4 is 0 Å². The highest BCUT2D eigenvalue weighted by atomic mass is 35.5. The third kappa shape index (κ3) is 5.02. The van der Waals surface area contributed by atoms with Crippen molar-refractivity contribution in [1.82, 2.24) is 4.90 Å². The molecule has 0 N–H and O–H groups in total. The highest BCUT2D eigenvalue weighted by molar-refractivity contribution is 8.00. The number of nitrogens with zero attached hydrogens (tertiary/aromatic N) is 1. The normalized spacial score (nSPS) is 13.7. The minimum atomic E-state index is -0.401. The molecule has 1 amide bonds. The maximum absolute atomic E-state index is 12.5. The summed E-state index contributed by atoms with van der Waals surface area (Å²) in [6.45, 7) is 1.83. The molecule has 0 bridgehead atoms. The highest BCUT2D eigenvalue weighted by Crippen LogP contribution is 2.25. The molecule has 1 aliphatic heterocycles. The third-order valence-electron chi connectivity index (χ3n) is 4.18. The van der Waals surface area contributed by atoms with Crippen molar-refractivity contribution in [2.24, 2.45) is 0 Å². The molecule has 4 nitrogen and oxygen atoms in total. The van der Waals surface area contributed by atoms with E-state index in [4.69, 9.17) is 16.3 Å². The highest BCUT2D eigenvalue weighted by Gasteiger charge is 2.19. The van der Waals surface area contributed by atoms with Gasteiger partial charge in [0.1, 0.15) is 6.61 Å². The minimum absolute atomic E-state index is 0.120. The summed E-state index contributed by atoms with van der Waals surface area (Å²) in [4.78, 5) is 27.3. The quantitative estimate of drug-likeness (QED) is 0.542. The number of halogens is 1. The lowest BCUT2D eigenvalue weighted by Gasteiger charge is -2.15. The van der Waals surface area contributed by atoms with Gasteiger partial charge in [0.15, 0.2) is 0 Å². The Morgan fingerprint density at radius 2 is 1.85 bits per heavy atom. The predicted molar refractivity (Wildman–Crippen MR) is 104 cm³/mol. The molecule has 3 rings (SSSR count). The number of rotatable bonds is 6. The van der Waals surface area contributed by atoms with Crippen LogP contribution >= 0.6 is 23.4 Å². The van der Waals surface area contributed by atoms with Crippen molar-refractivity contribution < 1.29 is 14.3 Å². The van der Waals surface area contributed by atoms with Crippen LogP contribution in [0.5, 0.6) is 0 Å². The molecule has 0 aliphatic carbocycles. The van der Waals surface area contributed by atoms with Crippen molar-refractivity contribution in [2.75, 3.05) is 18.8 Å². The first kappa shape index (κ1) is 18.8. The second-order valence-electron chi connectivity index (χ2n) is 6.08. The van der Waals surface area contributed by atoms with Gasteiger partial charge in [0.2, 0.25) is 5.91 Å². The first-order valence-corrected chi connectivity index (χ1v) is 9.91. The van der Waals surface area contributed by atoms with E-state index in [0.29, 0.717) is 16.3 Å². The van der Waals surface area contributed by atoms with Crippen LogP contribution in [0, 0.1) is 0 Å². The largest absolute Gasteiger partial charge is 0.457 e. The lowest BCUT2D eigenvalue weighted by molar-refractivity contribution is -0.127. The van der Waals surface area contributed by atoms with E-state index in [1.807, 2.05) is 29.2 Å². The molecule has 1 aliphatic rings. The minimum Gasteiger partial charge on any atom is -0.457 e. The average Bonchev–Trinajstić information content (AvgIpc) is 3.19. The fourth-order valence-electron chi connectivity index (χ4n) is 2.81. The van der Waals surface area contributed by atoms with Gasteiger partial charge < -0.3 is 9.64 Å². The molecule has 136 valence electrons. The van der Waals surface area contributed by atoms with Gasteiger partial charge in [0, 0.05) is 23.0 Å². The van der Waals surface area contributed by atoms with Gasteiger partial charge in [-0.1, -0.05) is 35.9 Å². The van der Waals surface area contributed by atoms with Crippen LogP contribution in [0.3, 0.4) is 0 Å². The molecule has 0 saturated carbocycles. The Balaban J connectivity index is 1.60. The fraction of sp³-hybridized carbons (Fsp3) is 0.300. The summed E-state index contributed by atoms with van der Waals surface area (Å²) in [5.74, 6) is 0.0507. The second kappa shape index (κ2) is 9.10. The predicted octanol–water partition coefficient (Wildman–Crippen LogP) is 4.41. The second-order valence-corrected chi connectivity index (χ2v) is 7.53. The molecule has 0 radical (unpaired) electrons. The van der Waals surface area contributed by atoms with Gasteiger partial charge >= 0.3 is 5.97 Å². The summed E-state index contributed by atoms with van der Waals surface area (Å²) >= 11 is 7.33. The van der Waals surface area contributed by atoms with E-state index in [9.17, 15) is 9.59 Å². The molecule has 0 aromatic heterocycles. The molecule has 1 heterocycles. The van der Waals surface area contributed by atoms with E-state index in [0.717, 1.165) is 36.4 Å². The number of likely N-dealkylation sites (tertiary alicyclic amines) is 1. The van der Waals surface area contributed by atoms with Gasteiger partial charge in [-0.05, 0) is 42.7 Å². The van der Waals surface area contributed by atoms with Gasteiger partial charge in [-0.15, -0.1) is 11.8 Å². The molecular weight excluding hydrogens is 370 g/mol. The fourth-order valence-corrected chi connectivity index (χ4v) is 3.97. The van der Waals surface area contributed by atoms with Crippen molar-refractivity contribution in [3.8, 4) is 0 Å². The van der Waals surface area contributed by atoms with Crippen molar-refractivity contribution in [3.05, 3.63) is 64.7 Å². The van der Waals surface area contributed by atoms with E-state index >= 15 is 0 Å². The number of carbonyl (C=O) groups excluding carboxylic acids is 2. The first-order valence-electron chi connectivity index (χ1n) is 8.54. The van der Waals surface area contributed by atoms with E-state index in [-0.39, 0.29) is 12.5 Å². The number of amides is 1. The van der Waals surface area contributed by atoms with Gasteiger partial charge in [-0.3, -0.25) is 4.79 Å². The SMILES string of the molecule is O=C(OCc1cccc(Cl)c1)c1ccccc1SCC(=O)N1CCCC1. The number of hydrogen-bond donors (Lipinski definition) is 0. The molecule has 1 fully saturated rings. The molecule has 2 aromatic carbocycles. The number of hydrogen-bond acceptors (Lipinski definition) is 4. The molecule has 1 saturated heterocycles. The maximum Gasteiger partial charge on any atom is 0.339 e. The summed E-state index contributed by atoms with van der Waals surface area (Å²) in [5.41, 5.74) is 1.31. The third-order valence-corrected chi connectivity index (χ3v) is 5.47. The van der Waals surface area contributed by atoms with E-state index in [1.54, 1.807) is 24.3 Å². The number of ether oxygens (including phenoxy) is 1. The summed E-state index contributed by atoms with van der Waals surface area (Å²) in [6, 6.07) is 14.4. The standard InChI is InChI=1S/C20H20ClNO3S/c21-16-7-5-6-15(12-16)13-25-20(24)17-8-1-2-9-18(17)26-14-19(23)22-10-3-4-11-22/h1-2,5-9,12H,3-4,10-11,13-14H2. The zero-order chi connectivity index (χ0) is 18.4. The Morgan fingerprint density at radius 1 is 1.08 bits per heavy atom. The van der Waals surface area contributed by atoms with Crippen LogP contribution in [0.4, 0.5) is 0 Å². The van der Waals surface area contributed by atoms with Gasteiger partial charge in [-0.25, -0.2) is 4.79 Å². The van der Waals surface area contributed by atoms with Crippen molar-refractivity contribution in [1.29, 1.82) is 0 Å². The van der Waals surface area contributed by atoms with Gasteiger partial charge in [0.05, 0.1) is 11.3 Å². The molecule has 2 aromatic rings. The van der Waals surface area contributed by atoms with Crippen LogP contribution in [0.15, 0.2) is 53.4 Å². The van der Waals surface area contributed by atoms with Crippen LogP contribution in [-0.2, 0) is 16.1 Å². The molecular formula is C20H20ClNO3S. The molecule has 6 heteroatoms. The maximum atomic E-state index is 12.5.